The third-order valence-corrected chi connectivity index (χ3v) is 7.17. The van der Waals surface area contributed by atoms with Gasteiger partial charge >= 0.3 is 0 Å². The Hall–Kier alpha value is -4.18. The number of para-hydroxylation sites is 1. The molecule has 0 fully saturated rings. The maximum atomic E-state index is 14.0. The zero-order valence-corrected chi connectivity index (χ0v) is 17.3. The first-order chi connectivity index (χ1) is 15.5. The summed E-state index contributed by atoms with van der Waals surface area (Å²) in [7, 11) is -4.19. The highest BCUT2D eigenvalue weighted by Crippen LogP contribution is 2.40. The minimum atomic E-state index is -4.19. The molecule has 2 heterocycles. The molecule has 0 saturated heterocycles. The molecule has 0 aliphatic rings. The molecule has 158 valence electrons. The highest BCUT2D eigenvalue weighted by molar-refractivity contribution is 7.91. The van der Waals surface area contributed by atoms with Crippen molar-refractivity contribution in [1.29, 1.82) is 0 Å². The fourth-order valence-corrected chi connectivity index (χ4v) is 5.56. The predicted molar refractivity (Wildman–Crippen MR) is 118 cm³/mol. The van der Waals surface area contributed by atoms with Crippen LogP contribution in [0.15, 0.2) is 90.0 Å². The Morgan fingerprint density at radius 2 is 1.62 bits per heavy atom. The van der Waals surface area contributed by atoms with Crippen molar-refractivity contribution in [3.8, 4) is 0 Å². The molecule has 0 saturated carbocycles. The molecule has 1 atom stereocenters. The SMILES string of the molecule is O=[N+]([O-])c1ccc2ncccc2c1C(n1nnc2ccccc21)S(=O)(=O)c1ccccc1. The first-order valence-corrected chi connectivity index (χ1v) is 11.1. The maximum absolute atomic E-state index is 14.0. The first kappa shape index (κ1) is 19.8. The Balaban J connectivity index is 1.93. The minimum Gasteiger partial charge on any atom is -0.258 e. The van der Waals surface area contributed by atoms with Crippen molar-refractivity contribution in [2.75, 3.05) is 0 Å². The molecule has 0 radical (unpaired) electrons. The van der Waals surface area contributed by atoms with E-state index in [0.717, 1.165) is 0 Å². The second-order valence-corrected chi connectivity index (χ2v) is 9.07. The standard InChI is InChI=1S/C22H15N5O4S/c28-27(29)20-13-12-17-16(9-6-14-23-17)21(20)22(32(30,31)15-7-2-1-3-8-15)26-19-11-5-4-10-18(19)24-25-26/h1-14,22H. The van der Waals surface area contributed by atoms with Crippen molar-refractivity contribution in [3.63, 3.8) is 0 Å². The van der Waals surface area contributed by atoms with Crippen LogP contribution in [0.25, 0.3) is 21.9 Å². The van der Waals surface area contributed by atoms with Gasteiger partial charge in [0.05, 0.1) is 26.4 Å². The van der Waals surface area contributed by atoms with Crippen LogP contribution in [-0.2, 0) is 9.84 Å². The molecular weight excluding hydrogens is 430 g/mol. The minimum absolute atomic E-state index is 0.0137. The summed E-state index contributed by atoms with van der Waals surface area (Å²) in [5, 5.41) is 19.0. The summed E-state index contributed by atoms with van der Waals surface area (Å²) in [6, 6.07) is 20.7. The molecule has 2 aromatic heterocycles. The normalized spacial score (nSPS) is 12.8. The van der Waals surface area contributed by atoms with Crippen LogP contribution in [0.5, 0.6) is 0 Å². The Labute approximate surface area is 182 Å². The van der Waals surface area contributed by atoms with E-state index in [4.69, 9.17) is 0 Å². The van der Waals surface area contributed by atoms with Gasteiger partial charge in [0, 0.05) is 17.6 Å². The zero-order valence-electron chi connectivity index (χ0n) is 16.4. The Kier molecular flexibility index (Phi) is 4.63. The van der Waals surface area contributed by atoms with E-state index >= 15 is 0 Å². The summed E-state index contributed by atoms with van der Waals surface area (Å²) < 4.78 is 29.2. The molecule has 0 aliphatic carbocycles. The molecule has 9 nitrogen and oxygen atoms in total. The number of aromatic nitrogens is 4. The van der Waals surface area contributed by atoms with E-state index in [-0.39, 0.29) is 16.1 Å². The van der Waals surface area contributed by atoms with Gasteiger partial charge in [0.15, 0.2) is 5.37 Å². The molecule has 0 bridgehead atoms. The fourth-order valence-electron chi connectivity index (χ4n) is 3.79. The van der Waals surface area contributed by atoms with Crippen molar-refractivity contribution < 1.29 is 13.3 Å². The van der Waals surface area contributed by atoms with Crippen LogP contribution in [0.1, 0.15) is 10.9 Å². The van der Waals surface area contributed by atoms with Crippen molar-refractivity contribution in [1.82, 2.24) is 20.0 Å². The smallest absolute Gasteiger partial charge is 0.258 e. The number of hydrogen-bond acceptors (Lipinski definition) is 7. The molecule has 3 aromatic carbocycles. The Morgan fingerprint density at radius 1 is 0.875 bits per heavy atom. The molecule has 0 amide bonds. The number of fused-ring (bicyclic) bond motifs is 2. The van der Waals surface area contributed by atoms with Crippen LogP contribution in [0.2, 0.25) is 0 Å². The summed E-state index contributed by atoms with van der Waals surface area (Å²) in [5.74, 6) is 0. The molecule has 0 aliphatic heterocycles. The third-order valence-electron chi connectivity index (χ3n) is 5.21. The number of benzene rings is 3. The number of sulfone groups is 1. The largest absolute Gasteiger partial charge is 0.276 e. The molecule has 32 heavy (non-hydrogen) atoms. The molecule has 10 heteroatoms. The number of hydrogen-bond donors (Lipinski definition) is 0. The van der Waals surface area contributed by atoms with Gasteiger partial charge < -0.3 is 0 Å². The Morgan fingerprint density at radius 3 is 2.41 bits per heavy atom. The molecule has 1 unspecified atom stereocenters. The lowest BCUT2D eigenvalue weighted by Crippen LogP contribution is -2.24. The molecule has 0 N–H and O–H groups in total. The van der Waals surface area contributed by atoms with Gasteiger partial charge in [0.2, 0.25) is 9.84 Å². The van der Waals surface area contributed by atoms with E-state index in [9.17, 15) is 18.5 Å². The predicted octanol–water partition coefficient (Wildman–Crippen LogP) is 3.91. The van der Waals surface area contributed by atoms with E-state index < -0.39 is 20.1 Å². The van der Waals surface area contributed by atoms with Gasteiger partial charge in [-0.05, 0) is 36.4 Å². The quantitative estimate of drug-likeness (QED) is 0.297. The van der Waals surface area contributed by atoms with Crippen LogP contribution in [0, 0.1) is 10.1 Å². The summed E-state index contributed by atoms with van der Waals surface area (Å²) in [6.07, 6.45) is 1.55. The van der Waals surface area contributed by atoms with Crippen LogP contribution in [-0.4, -0.2) is 33.3 Å². The molecule has 0 spiro atoms. The van der Waals surface area contributed by atoms with Crippen molar-refractivity contribution in [2.24, 2.45) is 0 Å². The van der Waals surface area contributed by atoms with Crippen LogP contribution in [0.3, 0.4) is 0 Å². The monoisotopic (exact) mass is 445 g/mol. The second-order valence-electron chi connectivity index (χ2n) is 7.06. The summed E-state index contributed by atoms with van der Waals surface area (Å²) in [5.41, 5.74) is 0.995. The van der Waals surface area contributed by atoms with Gasteiger partial charge in [-0.2, -0.15) is 0 Å². The Bertz CT molecular complexity index is 1580. The van der Waals surface area contributed by atoms with Gasteiger partial charge in [-0.3, -0.25) is 15.1 Å². The average molecular weight is 445 g/mol. The first-order valence-electron chi connectivity index (χ1n) is 9.59. The van der Waals surface area contributed by atoms with E-state index in [0.29, 0.717) is 21.9 Å². The summed E-state index contributed by atoms with van der Waals surface area (Å²) in [6.45, 7) is 0. The van der Waals surface area contributed by atoms with Crippen molar-refractivity contribution >= 4 is 37.5 Å². The topological polar surface area (TPSA) is 121 Å². The number of nitro groups is 1. The van der Waals surface area contributed by atoms with Crippen LogP contribution in [0.4, 0.5) is 5.69 Å². The number of rotatable bonds is 5. The highest BCUT2D eigenvalue weighted by atomic mass is 32.2. The summed E-state index contributed by atoms with van der Waals surface area (Å²) >= 11 is 0. The van der Waals surface area contributed by atoms with Gasteiger partial charge in [-0.1, -0.05) is 41.6 Å². The highest BCUT2D eigenvalue weighted by Gasteiger charge is 2.39. The number of nitrogens with zero attached hydrogens (tertiary/aromatic N) is 5. The maximum Gasteiger partial charge on any atom is 0.276 e. The second kappa shape index (κ2) is 7.50. The number of pyridine rings is 1. The van der Waals surface area contributed by atoms with Crippen molar-refractivity contribution in [2.45, 2.75) is 10.3 Å². The van der Waals surface area contributed by atoms with Gasteiger partial charge in [-0.15, -0.1) is 5.10 Å². The average Bonchev–Trinajstić information content (AvgIpc) is 3.23. The van der Waals surface area contributed by atoms with E-state index in [2.05, 4.69) is 15.3 Å². The van der Waals surface area contributed by atoms with Crippen molar-refractivity contribution in [3.05, 3.63) is 101 Å². The van der Waals surface area contributed by atoms with Gasteiger partial charge in [-0.25, -0.2) is 13.1 Å². The lowest BCUT2D eigenvalue weighted by molar-refractivity contribution is -0.385. The molecule has 5 aromatic rings. The van der Waals surface area contributed by atoms with E-state index in [1.165, 1.54) is 28.9 Å². The zero-order chi connectivity index (χ0) is 22.3. The van der Waals surface area contributed by atoms with Gasteiger partial charge in [0.1, 0.15) is 5.52 Å². The lowest BCUT2D eigenvalue weighted by atomic mass is 10.1. The van der Waals surface area contributed by atoms with Gasteiger partial charge in [0.25, 0.3) is 5.69 Å². The lowest BCUT2D eigenvalue weighted by Gasteiger charge is -2.20. The van der Waals surface area contributed by atoms with E-state index in [1.54, 1.807) is 60.8 Å². The molecule has 5 rings (SSSR count). The third kappa shape index (κ3) is 3.08. The number of nitro benzene ring substituents is 1. The fraction of sp³-hybridized carbons (Fsp3) is 0.0455. The van der Waals surface area contributed by atoms with Crippen LogP contribution >= 0.6 is 0 Å². The molecular formula is C22H15N5O4S. The van der Waals surface area contributed by atoms with E-state index in [1.807, 2.05) is 0 Å². The summed E-state index contributed by atoms with van der Waals surface area (Å²) in [4.78, 5) is 15.7. The van der Waals surface area contributed by atoms with Crippen LogP contribution < -0.4 is 0 Å².